The summed E-state index contributed by atoms with van der Waals surface area (Å²) in [7, 11) is 1.80. The van der Waals surface area contributed by atoms with E-state index in [9.17, 15) is 14.4 Å². The largest absolute Gasteiger partial charge is 0.343 e. The normalized spacial score (nSPS) is 20.6. The molecule has 1 N–H and O–H groups in total. The number of carbonyl (C=O) groups is 3. The SMILES string of the molecule is CC(=C[C@H](C(C)C)N(C)C(=O)[C@@H](NC(=O)[C@H]1CCCCN1C(C)C)C(C)C)C(=O)N1CCN(Cc2ccccc2)CC1. The Labute approximate surface area is 254 Å². The number of carbonyl (C=O) groups excluding carboxylic acids is 3. The molecule has 2 saturated heterocycles. The lowest BCUT2D eigenvalue weighted by atomic mass is 9.95. The monoisotopic (exact) mass is 581 g/mol. The highest BCUT2D eigenvalue weighted by Gasteiger charge is 2.36. The van der Waals surface area contributed by atoms with Crippen LogP contribution in [0.3, 0.4) is 0 Å². The molecular weight excluding hydrogens is 526 g/mol. The summed E-state index contributed by atoms with van der Waals surface area (Å²) in [5.41, 5.74) is 1.94. The number of amides is 3. The fourth-order valence-corrected chi connectivity index (χ4v) is 6.26. The average molecular weight is 582 g/mol. The third kappa shape index (κ3) is 8.90. The first kappa shape index (κ1) is 33.8. The zero-order chi connectivity index (χ0) is 31.0. The zero-order valence-corrected chi connectivity index (χ0v) is 27.3. The molecule has 2 heterocycles. The van der Waals surface area contributed by atoms with E-state index in [1.165, 1.54) is 5.56 Å². The Morgan fingerprint density at radius 3 is 2.14 bits per heavy atom. The number of hydrogen-bond donors (Lipinski definition) is 1. The van der Waals surface area contributed by atoms with Crippen LogP contribution >= 0.6 is 0 Å². The molecular formula is C34H55N5O3. The van der Waals surface area contributed by atoms with Crippen LogP contribution in [0.2, 0.25) is 0 Å². The maximum absolute atomic E-state index is 13.9. The molecule has 0 bridgehead atoms. The highest BCUT2D eigenvalue weighted by molar-refractivity contribution is 5.93. The van der Waals surface area contributed by atoms with Crippen LogP contribution in [0.25, 0.3) is 0 Å². The lowest BCUT2D eigenvalue weighted by Crippen LogP contribution is -2.58. The predicted octanol–water partition coefficient (Wildman–Crippen LogP) is 4.16. The Kier molecular flexibility index (Phi) is 12.6. The molecule has 3 rings (SSSR count). The molecule has 2 fully saturated rings. The Hall–Kier alpha value is -2.71. The quantitative estimate of drug-likeness (QED) is 0.397. The lowest BCUT2D eigenvalue weighted by Gasteiger charge is -2.39. The summed E-state index contributed by atoms with van der Waals surface area (Å²) < 4.78 is 0. The number of nitrogens with zero attached hydrogens (tertiary/aromatic N) is 4. The molecule has 0 aromatic heterocycles. The molecule has 42 heavy (non-hydrogen) atoms. The van der Waals surface area contributed by atoms with E-state index in [1.807, 2.05) is 37.8 Å². The van der Waals surface area contributed by atoms with Crippen LogP contribution in [0, 0.1) is 11.8 Å². The number of hydrogen-bond acceptors (Lipinski definition) is 5. The molecule has 0 unspecified atom stereocenters. The van der Waals surface area contributed by atoms with E-state index in [-0.39, 0.29) is 47.7 Å². The molecule has 1 aromatic carbocycles. The van der Waals surface area contributed by atoms with Crippen LogP contribution in [0.5, 0.6) is 0 Å². The topological polar surface area (TPSA) is 76.2 Å². The molecule has 0 aliphatic carbocycles. The molecule has 8 heteroatoms. The van der Waals surface area contributed by atoms with Crippen molar-refractivity contribution in [2.24, 2.45) is 11.8 Å². The highest BCUT2D eigenvalue weighted by Crippen LogP contribution is 2.22. The van der Waals surface area contributed by atoms with E-state index in [0.29, 0.717) is 18.7 Å². The fourth-order valence-electron chi connectivity index (χ4n) is 6.26. The first-order valence-electron chi connectivity index (χ1n) is 16.0. The van der Waals surface area contributed by atoms with Gasteiger partial charge in [0.05, 0.1) is 12.1 Å². The maximum atomic E-state index is 13.9. The molecule has 3 amide bonds. The summed E-state index contributed by atoms with van der Waals surface area (Å²) in [6.07, 6.45) is 4.89. The molecule has 0 spiro atoms. The van der Waals surface area contributed by atoms with E-state index < -0.39 is 6.04 Å². The second-order valence-electron chi connectivity index (χ2n) is 13.2. The van der Waals surface area contributed by atoms with Gasteiger partial charge < -0.3 is 15.1 Å². The highest BCUT2D eigenvalue weighted by atomic mass is 16.2. The fraction of sp³-hybridized carbons (Fsp3) is 0.676. The van der Waals surface area contributed by atoms with Crippen molar-refractivity contribution in [2.45, 2.75) is 98.4 Å². The zero-order valence-electron chi connectivity index (χ0n) is 27.3. The molecule has 0 saturated carbocycles. The number of likely N-dealkylation sites (tertiary alicyclic amines) is 1. The smallest absolute Gasteiger partial charge is 0.249 e. The number of benzene rings is 1. The van der Waals surface area contributed by atoms with Crippen LogP contribution in [0.15, 0.2) is 42.0 Å². The van der Waals surface area contributed by atoms with Gasteiger partial charge in [0.15, 0.2) is 0 Å². The minimum Gasteiger partial charge on any atom is -0.343 e. The summed E-state index contributed by atoms with van der Waals surface area (Å²) in [6.45, 7) is 19.0. The van der Waals surface area contributed by atoms with Gasteiger partial charge >= 0.3 is 0 Å². The van der Waals surface area contributed by atoms with E-state index in [0.717, 1.165) is 45.4 Å². The second-order valence-corrected chi connectivity index (χ2v) is 13.2. The first-order chi connectivity index (χ1) is 19.9. The van der Waals surface area contributed by atoms with Gasteiger partial charge in [-0.15, -0.1) is 0 Å². The summed E-state index contributed by atoms with van der Waals surface area (Å²) in [6, 6.07) is 9.62. The molecule has 3 atom stereocenters. The van der Waals surface area contributed by atoms with Crippen molar-refractivity contribution in [1.82, 2.24) is 24.9 Å². The first-order valence-corrected chi connectivity index (χ1v) is 16.0. The molecule has 1 aromatic rings. The Bertz CT molecular complexity index is 1060. The van der Waals surface area contributed by atoms with E-state index >= 15 is 0 Å². The van der Waals surface area contributed by atoms with Gasteiger partial charge in [0, 0.05) is 51.4 Å². The van der Waals surface area contributed by atoms with Crippen LogP contribution < -0.4 is 5.32 Å². The van der Waals surface area contributed by atoms with Crippen LogP contribution in [0.1, 0.15) is 73.3 Å². The number of piperazine rings is 1. The number of rotatable bonds is 11. The van der Waals surface area contributed by atoms with Crippen LogP contribution in [-0.2, 0) is 20.9 Å². The van der Waals surface area contributed by atoms with Crippen molar-refractivity contribution in [3.05, 3.63) is 47.5 Å². The van der Waals surface area contributed by atoms with Crippen LogP contribution in [-0.4, -0.2) is 101 Å². The van der Waals surface area contributed by atoms with Gasteiger partial charge in [-0.3, -0.25) is 24.2 Å². The Balaban J connectivity index is 1.65. The average Bonchev–Trinajstić information content (AvgIpc) is 2.97. The number of nitrogens with one attached hydrogen (secondary N) is 1. The van der Waals surface area contributed by atoms with Gasteiger partial charge in [-0.2, -0.15) is 0 Å². The van der Waals surface area contributed by atoms with Crippen molar-refractivity contribution in [1.29, 1.82) is 0 Å². The van der Waals surface area contributed by atoms with E-state index in [2.05, 4.69) is 67.1 Å². The van der Waals surface area contributed by atoms with Gasteiger partial charge in [-0.05, 0) is 57.6 Å². The predicted molar refractivity (Wildman–Crippen MR) is 170 cm³/mol. The number of likely N-dealkylation sites (N-methyl/N-ethyl adjacent to an activating group) is 1. The van der Waals surface area contributed by atoms with E-state index in [1.54, 1.807) is 11.9 Å². The summed E-state index contributed by atoms with van der Waals surface area (Å²) in [5.74, 6) is -0.108. The number of piperidine rings is 1. The Morgan fingerprint density at radius 1 is 0.929 bits per heavy atom. The molecule has 234 valence electrons. The van der Waals surface area contributed by atoms with Gasteiger partial charge in [0.1, 0.15) is 6.04 Å². The van der Waals surface area contributed by atoms with Gasteiger partial charge in [-0.25, -0.2) is 0 Å². The summed E-state index contributed by atoms with van der Waals surface area (Å²) >= 11 is 0. The molecule has 2 aliphatic heterocycles. The van der Waals surface area contributed by atoms with Gasteiger partial charge in [0.2, 0.25) is 17.7 Å². The molecule has 8 nitrogen and oxygen atoms in total. The minimum absolute atomic E-state index is 0.0284. The van der Waals surface area contributed by atoms with E-state index in [4.69, 9.17) is 0 Å². The Morgan fingerprint density at radius 2 is 1.57 bits per heavy atom. The second kappa shape index (κ2) is 15.7. The maximum Gasteiger partial charge on any atom is 0.249 e. The van der Waals surface area contributed by atoms with Crippen molar-refractivity contribution >= 4 is 17.7 Å². The summed E-state index contributed by atoms with van der Waals surface area (Å²) in [5, 5.41) is 3.12. The lowest BCUT2D eigenvalue weighted by molar-refractivity contribution is -0.140. The van der Waals surface area contributed by atoms with Crippen molar-refractivity contribution in [3.8, 4) is 0 Å². The van der Waals surface area contributed by atoms with Crippen molar-refractivity contribution < 1.29 is 14.4 Å². The van der Waals surface area contributed by atoms with Crippen molar-refractivity contribution in [2.75, 3.05) is 39.8 Å². The minimum atomic E-state index is -0.623. The van der Waals surface area contributed by atoms with Crippen LogP contribution in [0.4, 0.5) is 0 Å². The van der Waals surface area contributed by atoms with Gasteiger partial charge in [0.25, 0.3) is 0 Å². The molecule has 2 aliphatic rings. The third-order valence-corrected chi connectivity index (χ3v) is 8.89. The van der Waals surface area contributed by atoms with Gasteiger partial charge in [-0.1, -0.05) is 70.5 Å². The summed E-state index contributed by atoms with van der Waals surface area (Å²) in [4.78, 5) is 49.0. The van der Waals surface area contributed by atoms with Crippen molar-refractivity contribution in [3.63, 3.8) is 0 Å². The standard InChI is InChI=1S/C34H55N5O3/c1-24(2)30(22-27(7)33(41)38-20-18-37(19-21-38)23-28-14-10-9-11-15-28)36(8)34(42)31(25(3)4)35-32(40)29-16-12-13-17-39(29)26(5)6/h9-11,14-15,22,24-26,29-31H,12-13,16-21,23H2,1-8H3,(H,35,40)/t29-,30-,31+/m1/s1. The third-order valence-electron chi connectivity index (χ3n) is 8.89. The molecule has 0 radical (unpaired) electrons.